The van der Waals surface area contributed by atoms with Crippen LogP contribution in [0.15, 0.2) is 18.2 Å². The summed E-state index contributed by atoms with van der Waals surface area (Å²) in [6.07, 6.45) is 5.29. The van der Waals surface area contributed by atoms with Gasteiger partial charge in [-0.25, -0.2) is 0 Å². The zero-order chi connectivity index (χ0) is 13.5. The van der Waals surface area contributed by atoms with Gasteiger partial charge in [0.1, 0.15) is 0 Å². The molecule has 0 unspecified atom stereocenters. The summed E-state index contributed by atoms with van der Waals surface area (Å²) in [5.74, 6) is 1.25. The van der Waals surface area contributed by atoms with E-state index in [4.69, 9.17) is 0 Å². The van der Waals surface area contributed by atoms with Crippen molar-refractivity contribution in [3.8, 4) is 0 Å². The molecule has 1 aromatic rings. The molecule has 0 saturated heterocycles. The first-order valence-electron chi connectivity index (χ1n) is 6.91. The number of nitrogens with one attached hydrogen (secondary N) is 2. The Hall–Kier alpha value is -1.00. The van der Waals surface area contributed by atoms with E-state index < -0.39 is 0 Å². The van der Waals surface area contributed by atoms with Gasteiger partial charge in [0.05, 0.1) is 0 Å². The Morgan fingerprint density at radius 2 is 2.32 bits per heavy atom. The highest BCUT2D eigenvalue weighted by Gasteiger charge is 2.16. The molecule has 0 saturated carbocycles. The van der Waals surface area contributed by atoms with Gasteiger partial charge in [-0.15, -0.1) is 0 Å². The highest BCUT2D eigenvalue weighted by atomic mass is 32.2. The first-order valence-corrected chi connectivity index (χ1v) is 8.31. The third kappa shape index (κ3) is 3.98. The first kappa shape index (κ1) is 14.4. The summed E-state index contributed by atoms with van der Waals surface area (Å²) in [7, 11) is 0. The van der Waals surface area contributed by atoms with E-state index in [1.54, 1.807) is 0 Å². The molecular formula is C15H22N2OS. The highest BCUT2D eigenvalue weighted by molar-refractivity contribution is 7.98. The van der Waals surface area contributed by atoms with Gasteiger partial charge in [-0.2, -0.15) is 11.8 Å². The number of benzene rings is 1. The second-order valence-corrected chi connectivity index (χ2v) is 5.81. The van der Waals surface area contributed by atoms with E-state index in [1.165, 1.54) is 16.9 Å². The maximum absolute atomic E-state index is 12.2. The fourth-order valence-corrected chi connectivity index (χ4v) is 2.91. The van der Waals surface area contributed by atoms with Crippen molar-refractivity contribution in [2.45, 2.75) is 25.8 Å². The molecule has 1 amide bonds. The lowest BCUT2D eigenvalue weighted by atomic mass is 9.95. The molecule has 1 aromatic carbocycles. The maximum Gasteiger partial charge on any atom is 0.251 e. The van der Waals surface area contributed by atoms with Crippen molar-refractivity contribution in [2.75, 3.05) is 25.1 Å². The Bertz CT molecular complexity index is 434. The summed E-state index contributed by atoms with van der Waals surface area (Å²) >= 11 is 1.86. The van der Waals surface area contributed by atoms with Crippen molar-refractivity contribution in [1.82, 2.24) is 10.6 Å². The summed E-state index contributed by atoms with van der Waals surface area (Å²) in [6.45, 7) is 2.62. The van der Waals surface area contributed by atoms with E-state index in [-0.39, 0.29) is 5.91 Å². The van der Waals surface area contributed by atoms with Crippen molar-refractivity contribution in [3.05, 3.63) is 34.9 Å². The molecule has 0 atom stereocenters. The van der Waals surface area contributed by atoms with Gasteiger partial charge in [0.2, 0.25) is 0 Å². The highest BCUT2D eigenvalue weighted by Crippen LogP contribution is 2.18. The third-order valence-electron chi connectivity index (χ3n) is 3.45. The number of thioether (sulfide) groups is 1. The summed E-state index contributed by atoms with van der Waals surface area (Å²) in [5, 5.41) is 6.38. The summed E-state index contributed by atoms with van der Waals surface area (Å²) < 4.78 is 0. The molecule has 2 rings (SSSR count). The molecule has 0 fully saturated rings. The first-order chi connectivity index (χ1) is 9.33. The molecule has 0 spiro atoms. The Morgan fingerprint density at radius 3 is 3.16 bits per heavy atom. The van der Waals surface area contributed by atoms with Crippen molar-refractivity contribution >= 4 is 17.7 Å². The van der Waals surface area contributed by atoms with Crippen LogP contribution < -0.4 is 10.6 Å². The van der Waals surface area contributed by atoms with Gasteiger partial charge < -0.3 is 10.6 Å². The van der Waals surface area contributed by atoms with E-state index in [2.05, 4.69) is 23.0 Å². The summed E-state index contributed by atoms with van der Waals surface area (Å²) in [5.41, 5.74) is 3.35. The minimum Gasteiger partial charge on any atom is -0.352 e. The lowest BCUT2D eigenvalue weighted by Crippen LogP contribution is -2.30. The zero-order valence-corrected chi connectivity index (χ0v) is 12.3. The van der Waals surface area contributed by atoms with Crippen LogP contribution in [0.25, 0.3) is 0 Å². The molecule has 2 N–H and O–H groups in total. The topological polar surface area (TPSA) is 41.1 Å². The van der Waals surface area contributed by atoms with Gasteiger partial charge in [0.15, 0.2) is 0 Å². The Balaban J connectivity index is 1.92. The van der Waals surface area contributed by atoms with Crippen LogP contribution in [0.2, 0.25) is 0 Å². The van der Waals surface area contributed by atoms with Crippen LogP contribution in [0, 0.1) is 0 Å². The number of hydrogen-bond acceptors (Lipinski definition) is 3. The van der Waals surface area contributed by atoms with Crippen molar-refractivity contribution < 1.29 is 4.79 Å². The molecule has 0 aliphatic carbocycles. The van der Waals surface area contributed by atoms with Gasteiger partial charge in [-0.3, -0.25) is 4.79 Å². The van der Waals surface area contributed by atoms with Gasteiger partial charge >= 0.3 is 0 Å². The zero-order valence-electron chi connectivity index (χ0n) is 11.5. The van der Waals surface area contributed by atoms with Gasteiger partial charge in [-0.05, 0) is 55.0 Å². The minimum absolute atomic E-state index is 0.0860. The standard InChI is InChI=1S/C15H22N2OS/c1-19-10-3-2-8-17-15(18)14-6-4-5-12-11-16-9-7-13(12)14/h4-6,16H,2-3,7-11H2,1H3,(H,17,18). The molecule has 1 aliphatic heterocycles. The average molecular weight is 278 g/mol. The van der Waals surface area contributed by atoms with Crippen LogP contribution in [0.1, 0.15) is 34.3 Å². The molecule has 0 bridgehead atoms. The average Bonchev–Trinajstić information content (AvgIpc) is 2.46. The van der Waals surface area contributed by atoms with E-state index in [1.807, 2.05) is 23.9 Å². The second-order valence-electron chi connectivity index (χ2n) is 4.83. The Morgan fingerprint density at radius 1 is 1.42 bits per heavy atom. The molecule has 0 radical (unpaired) electrons. The largest absolute Gasteiger partial charge is 0.352 e. The molecule has 3 nitrogen and oxygen atoms in total. The van der Waals surface area contributed by atoms with Crippen LogP contribution in [0.5, 0.6) is 0 Å². The van der Waals surface area contributed by atoms with E-state index in [0.717, 1.165) is 44.5 Å². The molecule has 1 aliphatic rings. The normalized spacial score (nSPS) is 13.9. The van der Waals surface area contributed by atoms with Crippen LogP contribution in [0.4, 0.5) is 0 Å². The number of fused-ring (bicyclic) bond motifs is 1. The van der Waals surface area contributed by atoms with Crippen molar-refractivity contribution in [2.24, 2.45) is 0 Å². The lowest BCUT2D eigenvalue weighted by Gasteiger charge is -2.19. The molecule has 4 heteroatoms. The molecule has 1 heterocycles. The van der Waals surface area contributed by atoms with Crippen LogP contribution in [0.3, 0.4) is 0 Å². The monoisotopic (exact) mass is 278 g/mol. The summed E-state index contributed by atoms with van der Waals surface area (Å²) in [6, 6.07) is 6.03. The molecule has 19 heavy (non-hydrogen) atoms. The van der Waals surface area contributed by atoms with Crippen LogP contribution >= 0.6 is 11.8 Å². The number of rotatable bonds is 6. The quantitative estimate of drug-likeness (QED) is 0.784. The summed E-state index contributed by atoms with van der Waals surface area (Å²) in [4.78, 5) is 12.2. The van der Waals surface area contributed by atoms with Gasteiger partial charge in [0.25, 0.3) is 5.91 Å². The van der Waals surface area contributed by atoms with Crippen LogP contribution in [-0.2, 0) is 13.0 Å². The molecular weight excluding hydrogens is 256 g/mol. The van der Waals surface area contributed by atoms with Crippen molar-refractivity contribution in [1.29, 1.82) is 0 Å². The van der Waals surface area contributed by atoms with Crippen LogP contribution in [-0.4, -0.2) is 31.0 Å². The Kier molecular flexibility index (Phi) is 5.73. The van der Waals surface area contributed by atoms with Crippen molar-refractivity contribution in [3.63, 3.8) is 0 Å². The predicted octanol–water partition coefficient (Wildman–Crippen LogP) is 2.21. The Labute approximate surface area is 119 Å². The fraction of sp³-hybridized carbons (Fsp3) is 0.533. The number of unbranched alkanes of at least 4 members (excludes halogenated alkanes) is 1. The molecule has 104 valence electrons. The van der Waals surface area contributed by atoms with E-state index in [0.29, 0.717) is 0 Å². The second kappa shape index (κ2) is 7.56. The lowest BCUT2D eigenvalue weighted by molar-refractivity contribution is 0.0952. The third-order valence-corrected chi connectivity index (χ3v) is 4.14. The van der Waals surface area contributed by atoms with E-state index in [9.17, 15) is 4.79 Å². The predicted molar refractivity (Wildman–Crippen MR) is 81.8 cm³/mol. The maximum atomic E-state index is 12.2. The number of amides is 1. The van der Waals surface area contributed by atoms with E-state index >= 15 is 0 Å². The van der Waals surface area contributed by atoms with Gasteiger partial charge in [-0.1, -0.05) is 12.1 Å². The minimum atomic E-state index is 0.0860. The smallest absolute Gasteiger partial charge is 0.251 e. The number of carbonyl (C=O) groups excluding carboxylic acids is 1. The fourth-order valence-electron chi connectivity index (χ4n) is 2.41. The van der Waals surface area contributed by atoms with Gasteiger partial charge in [0, 0.05) is 18.7 Å². The number of hydrogen-bond donors (Lipinski definition) is 2. The number of carbonyl (C=O) groups is 1. The molecule has 0 aromatic heterocycles. The SMILES string of the molecule is CSCCCCNC(=O)c1cccc2c1CCNC2.